The molecule has 0 saturated carbocycles. The van der Waals surface area contributed by atoms with Crippen molar-refractivity contribution in [2.24, 2.45) is 0 Å². The lowest BCUT2D eigenvalue weighted by molar-refractivity contribution is 1.62. The lowest BCUT2D eigenvalue weighted by Crippen LogP contribution is -1.94. The monoisotopic (exact) mass is 395 g/mol. The summed E-state index contributed by atoms with van der Waals surface area (Å²) >= 11 is 0. The molecule has 0 heterocycles. The smallest absolute Gasteiger partial charge is 0.0394 e. The lowest BCUT2D eigenvalue weighted by Gasteiger charge is -2.18. The molecule has 1 nitrogen and oxygen atoms in total. The highest BCUT2D eigenvalue weighted by molar-refractivity contribution is 6.13. The normalized spacial score (nSPS) is 11.4. The molecule has 2 N–H and O–H groups in total. The van der Waals surface area contributed by atoms with E-state index in [0.717, 1.165) is 11.3 Å². The minimum Gasteiger partial charge on any atom is -0.398 e. The van der Waals surface area contributed by atoms with E-state index in [1.807, 2.05) is 12.1 Å². The summed E-state index contributed by atoms with van der Waals surface area (Å²) < 4.78 is 0. The minimum absolute atomic E-state index is 0.796. The van der Waals surface area contributed by atoms with Gasteiger partial charge in [-0.3, -0.25) is 0 Å². The van der Waals surface area contributed by atoms with Gasteiger partial charge in [0.2, 0.25) is 0 Å². The molecule has 0 aromatic heterocycles. The van der Waals surface area contributed by atoms with E-state index in [-0.39, 0.29) is 0 Å². The van der Waals surface area contributed by atoms with Gasteiger partial charge >= 0.3 is 0 Å². The van der Waals surface area contributed by atoms with Crippen LogP contribution in [0.1, 0.15) is 0 Å². The minimum atomic E-state index is 0.796. The molecule has 0 aliphatic carbocycles. The molecule has 1 heteroatoms. The Morgan fingerprint density at radius 2 is 1.03 bits per heavy atom. The van der Waals surface area contributed by atoms with Crippen LogP contribution in [0.15, 0.2) is 115 Å². The lowest BCUT2D eigenvalue weighted by atomic mass is 9.86. The standard InChI is InChI=1S/C30H21N/c31-29-15-6-5-13-27(29)30-26(25-14-7-11-20-8-3-4-12-24(20)25)17-16-23-18-21-9-1-2-10-22(21)19-28(23)30/h1-19H,31H2. The number of hydrogen-bond donors (Lipinski definition) is 1. The van der Waals surface area contributed by atoms with E-state index in [2.05, 4.69) is 103 Å². The zero-order chi connectivity index (χ0) is 20.8. The van der Waals surface area contributed by atoms with Gasteiger partial charge in [-0.15, -0.1) is 0 Å². The summed E-state index contributed by atoms with van der Waals surface area (Å²) in [5, 5.41) is 7.43. The van der Waals surface area contributed by atoms with E-state index in [4.69, 9.17) is 5.73 Å². The van der Waals surface area contributed by atoms with Crippen molar-refractivity contribution in [1.29, 1.82) is 0 Å². The van der Waals surface area contributed by atoms with Crippen molar-refractivity contribution >= 4 is 38.0 Å². The van der Waals surface area contributed by atoms with Gasteiger partial charge in [0.15, 0.2) is 0 Å². The second-order valence-electron chi connectivity index (χ2n) is 8.02. The van der Waals surface area contributed by atoms with Gasteiger partial charge in [-0.25, -0.2) is 0 Å². The molecule has 0 atom stereocenters. The largest absolute Gasteiger partial charge is 0.398 e. The molecule has 0 radical (unpaired) electrons. The Kier molecular flexibility index (Phi) is 4.00. The molecule has 6 rings (SSSR count). The zero-order valence-electron chi connectivity index (χ0n) is 17.0. The number of nitrogens with two attached hydrogens (primary N) is 1. The van der Waals surface area contributed by atoms with Crippen LogP contribution in [0.3, 0.4) is 0 Å². The average molecular weight is 396 g/mol. The SMILES string of the molecule is Nc1ccccc1-c1c(-c2cccc3ccccc23)ccc2cc3ccccc3cc12. The molecule has 6 aromatic rings. The molecule has 0 bridgehead atoms. The van der Waals surface area contributed by atoms with Crippen LogP contribution in [0.4, 0.5) is 5.69 Å². The van der Waals surface area contributed by atoms with E-state index in [9.17, 15) is 0 Å². The first-order chi connectivity index (χ1) is 15.3. The number of rotatable bonds is 2. The van der Waals surface area contributed by atoms with Gasteiger partial charge in [-0.05, 0) is 67.2 Å². The predicted octanol–water partition coefficient (Wildman–Crippen LogP) is 8.06. The summed E-state index contributed by atoms with van der Waals surface area (Å²) in [5.41, 5.74) is 12.0. The van der Waals surface area contributed by atoms with Crippen molar-refractivity contribution in [1.82, 2.24) is 0 Å². The second-order valence-corrected chi connectivity index (χ2v) is 8.02. The van der Waals surface area contributed by atoms with Crippen LogP contribution in [0.25, 0.3) is 54.6 Å². The molecular weight excluding hydrogens is 374 g/mol. The van der Waals surface area contributed by atoms with E-state index in [0.29, 0.717) is 0 Å². The molecule has 6 aromatic carbocycles. The molecule has 0 amide bonds. The van der Waals surface area contributed by atoms with Gasteiger partial charge in [0.25, 0.3) is 0 Å². The number of nitrogen functional groups attached to an aromatic ring is 1. The Balaban J connectivity index is 1.79. The van der Waals surface area contributed by atoms with Crippen LogP contribution < -0.4 is 5.73 Å². The first-order valence-electron chi connectivity index (χ1n) is 10.6. The van der Waals surface area contributed by atoms with Crippen molar-refractivity contribution in [2.75, 3.05) is 5.73 Å². The van der Waals surface area contributed by atoms with E-state index in [1.165, 1.54) is 49.0 Å². The van der Waals surface area contributed by atoms with Crippen molar-refractivity contribution in [3.05, 3.63) is 115 Å². The summed E-state index contributed by atoms with van der Waals surface area (Å²) in [4.78, 5) is 0. The van der Waals surface area contributed by atoms with Gasteiger partial charge in [0.1, 0.15) is 0 Å². The highest BCUT2D eigenvalue weighted by Crippen LogP contribution is 2.43. The highest BCUT2D eigenvalue weighted by Gasteiger charge is 2.16. The Morgan fingerprint density at radius 3 is 1.87 bits per heavy atom. The summed E-state index contributed by atoms with van der Waals surface area (Å²) in [6, 6.07) is 40.9. The second kappa shape index (κ2) is 7.00. The number of anilines is 1. The maximum absolute atomic E-state index is 6.52. The maximum atomic E-state index is 6.52. The molecule has 0 spiro atoms. The van der Waals surface area contributed by atoms with E-state index < -0.39 is 0 Å². The van der Waals surface area contributed by atoms with E-state index >= 15 is 0 Å². The third-order valence-electron chi connectivity index (χ3n) is 6.20. The van der Waals surface area contributed by atoms with Gasteiger partial charge in [0, 0.05) is 11.3 Å². The molecule has 0 aliphatic rings. The molecule has 146 valence electrons. The number of para-hydroxylation sites is 1. The van der Waals surface area contributed by atoms with Crippen LogP contribution in [-0.2, 0) is 0 Å². The first-order valence-corrected chi connectivity index (χ1v) is 10.6. The van der Waals surface area contributed by atoms with Crippen LogP contribution in [0.5, 0.6) is 0 Å². The third-order valence-corrected chi connectivity index (χ3v) is 6.20. The van der Waals surface area contributed by atoms with Crippen LogP contribution >= 0.6 is 0 Å². The average Bonchev–Trinajstić information content (AvgIpc) is 2.82. The summed E-state index contributed by atoms with van der Waals surface area (Å²) in [5.74, 6) is 0. The van der Waals surface area contributed by atoms with Crippen molar-refractivity contribution < 1.29 is 0 Å². The fourth-order valence-corrected chi connectivity index (χ4v) is 4.71. The number of benzene rings is 6. The highest BCUT2D eigenvalue weighted by atomic mass is 14.6. The Bertz CT molecular complexity index is 1590. The summed E-state index contributed by atoms with van der Waals surface area (Å²) in [6.07, 6.45) is 0. The van der Waals surface area contributed by atoms with Gasteiger partial charge < -0.3 is 5.73 Å². The Labute approximate surface area is 181 Å². The molecule has 0 saturated heterocycles. The molecule has 31 heavy (non-hydrogen) atoms. The number of fused-ring (bicyclic) bond motifs is 3. The van der Waals surface area contributed by atoms with E-state index in [1.54, 1.807) is 0 Å². The quantitative estimate of drug-likeness (QED) is 0.233. The zero-order valence-corrected chi connectivity index (χ0v) is 17.0. The predicted molar refractivity (Wildman–Crippen MR) is 134 cm³/mol. The molecule has 0 fully saturated rings. The molecule has 0 unspecified atom stereocenters. The fourth-order valence-electron chi connectivity index (χ4n) is 4.71. The van der Waals surface area contributed by atoms with Crippen molar-refractivity contribution in [3.63, 3.8) is 0 Å². The molecular formula is C30H21N. The number of hydrogen-bond acceptors (Lipinski definition) is 1. The Hall–Kier alpha value is -4.10. The van der Waals surface area contributed by atoms with Crippen LogP contribution in [-0.4, -0.2) is 0 Å². The Morgan fingerprint density at radius 1 is 0.387 bits per heavy atom. The van der Waals surface area contributed by atoms with Gasteiger partial charge in [-0.2, -0.15) is 0 Å². The third kappa shape index (κ3) is 2.86. The van der Waals surface area contributed by atoms with Crippen molar-refractivity contribution in [3.8, 4) is 22.3 Å². The van der Waals surface area contributed by atoms with Crippen LogP contribution in [0.2, 0.25) is 0 Å². The van der Waals surface area contributed by atoms with Crippen molar-refractivity contribution in [2.45, 2.75) is 0 Å². The maximum Gasteiger partial charge on any atom is 0.0394 e. The topological polar surface area (TPSA) is 26.0 Å². The fraction of sp³-hybridized carbons (Fsp3) is 0. The summed E-state index contributed by atoms with van der Waals surface area (Å²) in [6.45, 7) is 0. The van der Waals surface area contributed by atoms with Crippen LogP contribution in [0, 0.1) is 0 Å². The van der Waals surface area contributed by atoms with Gasteiger partial charge in [0.05, 0.1) is 0 Å². The first kappa shape index (κ1) is 17.7. The summed E-state index contributed by atoms with van der Waals surface area (Å²) in [7, 11) is 0. The molecule has 0 aliphatic heterocycles. The van der Waals surface area contributed by atoms with Gasteiger partial charge in [-0.1, -0.05) is 97.1 Å².